The summed E-state index contributed by atoms with van der Waals surface area (Å²) in [7, 11) is 0. The number of carbonyl (C=O) groups is 1. The highest BCUT2D eigenvalue weighted by atomic mass is 16.2. The average Bonchev–Trinajstić information content (AvgIpc) is 3.22. The van der Waals surface area contributed by atoms with Crippen molar-refractivity contribution in [2.75, 3.05) is 23.3 Å². The van der Waals surface area contributed by atoms with Gasteiger partial charge in [-0.15, -0.1) is 0 Å². The Labute approximate surface area is 175 Å². The van der Waals surface area contributed by atoms with Crippen LogP contribution in [0.25, 0.3) is 10.9 Å². The molecule has 0 radical (unpaired) electrons. The Bertz CT molecular complexity index is 1180. The molecule has 0 bridgehead atoms. The van der Waals surface area contributed by atoms with Gasteiger partial charge in [-0.25, -0.2) is 9.97 Å². The quantitative estimate of drug-likeness (QED) is 0.529. The van der Waals surface area contributed by atoms with Crippen molar-refractivity contribution in [1.29, 1.82) is 0 Å². The Kier molecular flexibility index (Phi) is 4.89. The molecular formula is C24H23N5O. The third-order valence-electron chi connectivity index (χ3n) is 5.61. The number of benzene rings is 2. The van der Waals surface area contributed by atoms with Crippen LogP contribution in [0, 0.1) is 0 Å². The first-order valence-electron chi connectivity index (χ1n) is 10.3. The summed E-state index contributed by atoms with van der Waals surface area (Å²) < 4.78 is 0. The van der Waals surface area contributed by atoms with Gasteiger partial charge >= 0.3 is 0 Å². The molecule has 5 rings (SSSR count). The van der Waals surface area contributed by atoms with Crippen LogP contribution in [-0.4, -0.2) is 33.9 Å². The fourth-order valence-corrected chi connectivity index (χ4v) is 4.08. The normalized spacial score (nSPS) is 13.3. The maximum atomic E-state index is 13.0. The monoisotopic (exact) mass is 397 g/mol. The summed E-state index contributed by atoms with van der Waals surface area (Å²) in [5.41, 5.74) is 5.12. The number of aromatic amines is 1. The van der Waals surface area contributed by atoms with Crippen LogP contribution in [0.4, 0.5) is 11.6 Å². The summed E-state index contributed by atoms with van der Waals surface area (Å²) in [6.45, 7) is 1.44. The van der Waals surface area contributed by atoms with Crippen molar-refractivity contribution in [3.63, 3.8) is 0 Å². The number of hydrogen-bond donors (Lipinski definition) is 2. The van der Waals surface area contributed by atoms with Gasteiger partial charge in [-0.2, -0.15) is 0 Å². The lowest BCUT2D eigenvalue weighted by Crippen LogP contribution is -2.35. The van der Waals surface area contributed by atoms with E-state index in [1.165, 1.54) is 16.5 Å². The molecule has 150 valence electrons. The third kappa shape index (κ3) is 3.52. The minimum absolute atomic E-state index is 0.0486. The molecule has 0 aliphatic carbocycles. The fraction of sp³-hybridized carbons (Fsp3) is 0.208. The van der Waals surface area contributed by atoms with Gasteiger partial charge in [0.25, 0.3) is 5.91 Å². The first kappa shape index (κ1) is 18.4. The standard InChI is InChI=1S/C24H23N5O/c30-23(29-13-5-7-17-6-1-4-10-22(17)29)19-15-27-24(28-16-19)25-12-11-18-14-26-21-9-3-2-8-20(18)21/h1-4,6,8-10,14-16,26H,5,7,11-13H2,(H,25,27,28). The average molecular weight is 397 g/mol. The van der Waals surface area contributed by atoms with Crippen LogP contribution in [0.1, 0.15) is 27.9 Å². The zero-order valence-corrected chi connectivity index (χ0v) is 16.6. The summed E-state index contributed by atoms with van der Waals surface area (Å²) in [6.07, 6.45) is 8.11. The van der Waals surface area contributed by atoms with Gasteiger partial charge in [-0.1, -0.05) is 36.4 Å². The van der Waals surface area contributed by atoms with E-state index in [1.807, 2.05) is 41.4 Å². The molecule has 0 saturated heterocycles. The lowest BCUT2D eigenvalue weighted by Gasteiger charge is -2.29. The van der Waals surface area contributed by atoms with E-state index in [-0.39, 0.29) is 5.91 Å². The summed E-state index contributed by atoms with van der Waals surface area (Å²) in [6, 6.07) is 16.4. The summed E-state index contributed by atoms with van der Waals surface area (Å²) in [4.78, 5) is 26.8. The van der Waals surface area contributed by atoms with Crippen LogP contribution >= 0.6 is 0 Å². The Balaban J connectivity index is 1.23. The number of aromatic nitrogens is 3. The second-order valence-corrected chi connectivity index (χ2v) is 7.52. The molecular weight excluding hydrogens is 374 g/mol. The summed E-state index contributed by atoms with van der Waals surface area (Å²) in [5.74, 6) is 0.484. The van der Waals surface area contributed by atoms with Crippen molar-refractivity contribution in [2.45, 2.75) is 19.3 Å². The van der Waals surface area contributed by atoms with Crippen LogP contribution < -0.4 is 10.2 Å². The highest BCUT2D eigenvalue weighted by Gasteiger charge is 2.23. The Hall–Kier alpha value is -3.67. The van der Waals surface area contributed by atoms with Gasteiger partial charge in [0.15, 0.2) is 0 Å². The second kappa shape index (κ2) is 7.99. The smallest absolute Gasteiger partial charge is 0.261 e. The zero-order chi connectivity index (χ0) is 20.3. The predicted octanol–water partition coefficient (Wildman–Crippen LogP) is 4.21. The van der Waals surface area contributed by atoms with Crippen molar-refractivity contribution in [1.82, 2.24) is 15.0 Å². The van der Waals surface area contributed by atoms with E-state index in [1.54, 1.807) is 12.4 Å². The van der Waals surface area contributed by atoms with Crippen molar-refractivity contribution in [2.24, 2.45) is 0 Å². The topological polar surface area (TPSA) is 73.9 Å². The van der Waals surface area contributed by atoms with Gasteiger partial charge in [0, 0.05) is 48.3 Å². The third-order valence-corrected chi connectivity index (χ3v) is 5.61. The first-order chi connectivity index (χ1) is 14.8. The summed E-state index contributed by atoms with van der Waals surface area (Å²) in [5, 5.41) is 4.49. The summed E-state index contributed by atoms with van der Waals surface area (Å²) >= 11 is 0. The minimum Gasteiger partial charge on any atom is -0.361 e. The molecule has 0 unspecified atom stereocenters. The molecule has 2 N–H and O–H groups in total. The predicted molar refractivity (Wildman–Crippen MR) is 119 cm³/mol. The molecule has 6 nitrogen and oxygen atoms in total. The first-order valence-corrected chi connectivity index (χ1v) is 10.3. The zero-order valence-electron chi connectivity index (χ0n) is 16.6. The Morgan fingerprint density at radius 3 is 2.77 bits per heavy atom. The Morgan fingerprint density at radius 2 is 1.87 bits per heavy atom. The number of fused-ring (bicyclic) bond motifs is 2. The molecule has 1 aliphatic heterocycles. The van der Waals surface area contributed by atoms with Gasteiger partial charge in [-0.05, 0) is 42.5 Å². The number of amides is 1. The SMILES string of the molecule is O=C(c1cnc(NCCc2c[nH]c3ccccc23)nc1)N1CCCc2ccccc21. The molecule has 3 heterocycles. The van der Waals surface area contributed by atoms with E-state index in [4.69, 9.17) is 0 Å². The van der Waals surface area contributed by atoms with E-state index >= 15 is 0 Å². The molecule has 0 fully saturated rings. The number of aryl methyl sites for hydroxylation is 1. The molecule has 0 spiro atoms. The number of rotatable bonds is 5. The maximum absolute atomic E-state index is 13.0. The highest BCUT2D eigenvalue weighted by molar-refractivity contribution is 6.06. The molecule has 2 aromatic heterocycles. The van der Waals surface area contributed by atoms with E-state index in [0.29, 0.717) is 18.1 Å². The van der Waals surface area contributed by atoms with Crippen LogP contribution in [0.2, 0.25) is 0 Å². The number of nitrogens with one attached hydrogen (secondary N) is 2. The number of nitrogens with zero attached hydrogens (tertiary/aromatic N) is 3. The molecule has 6 heteroatoms. The van der Waals surface area contributed by atoms with Crippen LogP contribution in [0.5, 0.6) is 0 Å². The van der Waals surface area contributed by atoms with Crippen molar-refractivity contribution in [3.8, 4) is 0 Å². The van der Waals surface area contributed by atoms with Gasteiger partial charge in [0.05, 0.1) is 5.56 Å². The number of hydrogen-bond acceptors (Lipinski definition) is 4. The van der Waals surface area contributed by atoms with Crippen molar-refractivity contribution >= 4 is 28.4 Å². The van der Waals surface area contributed by atoms with Crippen LogP contribution in [-0.2, 0) is 12.8 Å². The molecule has 30 heavy (non-hydrogen) atoms. The lowest BCUT2D eigenvalue weighted by atomic mass is 10.0. The number of anilines is 2. The highest BCUT2D eigenvalue weighted by Crippen LogP contribution is 2.28. The van der Waals surface area contributed by atoms with E-state index in [9.17, 15) is 4.79 Å². The molecule has 1 aliphatic rings. The van der Waals surface area contributed by atoms with Gasteiger partial charge < -0.3 is 15.2 Å². The van der Waals surface area contributed by atoms with Crippen molar-refractivity contribution < 1.29 is 4.79 Å². The van der Waals surface area contributed by atoms with E-state index in [2.05, 4.69) is 38.5 Å². The number of para-hydroxylation sites is 2. The van der Waals surface area contributed by atoms with Crippen molar-refractivity contribution in [3.05, 3.63) is 83.8 Å². The van der Waals surface area contributed by atoms with Crippen LogP contribution in [0.15, 0.2) is 67.1 Å². The fourth-order valence-electron chi connectivity index (χ4n) is 4.08. The Morgan fingerprint density at radius 1 is 1.07 bits per heavy atom. The van der Waals surface area contributed by atoms with E-state index in [0.717, 1.165) is 37.0 Å². The molecule has 0 atom stereocenters. The van der Waals surface area contributed by atoms with Gasteiger partial charge in [-0.3, -0.25) is 4.79 Å². The van der Waals surface area contributed by atoms with Crippen LogP contribution in [0.3, 0.4) is 0 Å². The molecule has 2 aromatic carbocycles. The second-order valence-electron chi connectivity index (χ2n) is 7.52. The molecule has 4 aromatic rings. The molecule has 1 amide bonds. The van der Waals surface area contributed by atoms with E-state index < -0.39 is 0 Å². The lowest BCUT2D eigenvalue weighted by molar-refractivity contribution is 0.0984. The maximum Gasteiger partial charge on any atom is 0.261 e. The van der Waals surface area contributed by atoms with Gasteiger partial charge in [0.1, 0.15) is 0 Å². The largest absolute Gasteiger partial charge is 0.361 e. The number of carbonyl (C=O) groups excluding carboxylic acids is 1. The molecule has 0 saturated carbocycles. The van der Waals surface area contributed by atoms with Gasteiger partial charge in [0.2, 0.25) is 5.95 Å². The minimum atomic E-state index is -0.0486. The number of H-pyrrole nitrogens is 1.